The number of nitrogens with one attached hydrogen (secondary N) is 1. The lowest BCUT2D eigenvalue weighted by atomic mass is 10.2. The van der Waals surface area contributed by atoms with E-state index in [-0.39, 0.29) is 0 Å². The predicted octanol–water partition coefficient (Wildman–Crippen LogP) is 0.706. The molecule has 0 saturated carbocycles. The molecule has 0 saturated heterocycles. The fourth-order valence-corrected chi connectivity index (χ4v) is 1.55. The Morgan fingerprint density at radius 3 is 2.22 bits per heavy atom. The summed E-state index contributed by atoms with van der Waals surface area (Å²) in [5, 5.41) is 0. The third kappa shape index (κ3) is 3.69. The molecule has 0 bridgehead atoms. The molecule has 102 valence electrons. The fraction of sp³-hybridized carbons (Fsp3) is 0.727. The Morgan fingerprint density at radius 2 is 1.78 bits per heavy atom. The minimum atomic E-state index is 0.380. The van der Waals surface area contributed by atoms with E-state index in [1.807, 2.05) is 19.0 Å². The molecule has 0 unspecified atom stereocenters. The molecule has 7 nitrogen and oxygen atoms in total. The van der Waals surface area contributed by atoms with Crippen LogP contribution in [0.4, 0.5) is 17.8 Å². The molecule has 0 spiro atoms. The molecule has 0 aliphatic rings. The molecule has 0 amide bonds. The highest BCUT2D eigenvalue weighted by Crippen LogP contribution is 2.15. The van der Waals surface area contributed by atoms with Crippen LogP contribution in [0.15, 0.2) is 0 Å². The minimum absolute atomic E-state index is 0.380. The summed E-state index contributed by atoms with van der Waals surface area (Å²) in [4.78, 5) is 16.9. The van der Waals surface area contributed by atoms with Gasteiger partial charge in [-0.2, -0.15) is 15.0 Å². The molecular weight excluding hydrogens is 230 g/mol. The van der Waals surface area contributed by atoms with Crippen molar-refractivity contribution < 1.29 is 0 Å². The summed E-state index contributed by atoms with van der Waals surface area (Å²) in [7, 11) is 3.77. The molecule has 3 N–H and O–H groups in total. The van der Waals surface area contributed by atoms with Crippen LogP contribution in [0.3, 0.4) is 0 Å². The van der Waals surface area contributed by atoms with Crippen LogP contribution in [0.5, 0.6) is 0 Å². The zero-order valence-corrected chi connectivity index (χ0v) is 11.8. The monoisotopic (exact) mass is 253 g/mol. The van der Waals surface area contributed by atoms with Crippen molar-refractivity contribution in [3.8, 4) is 0 Å². The van der Waals surface area contributed by atoms with Crippen molar-refractivity contribution in [1.29, 1.82) is 0 Å². The maximum absolute atomic E-state index is 5.39. The maximum Gasteiger partial charge on any atom is 0.243 e. The summed E-state index contributed by atoms with van der Waals surface area (Å²) in [6.45, 7) is 8.16. The number of nitrogen functional groups attached to an aromatic ring is 1. The smallest absolute Gasteiger partial charge is 0.243 e. The van der Waals surface area contributed by atoms with Gasteiger partial charge in [0.05, 0.1) is 0 Å². The van der Waals surface area contributed by atoms with Gasteiger partial charge < -0.3 is 9.80 Å². The molecule has 0 fully saturated rings. The van der Waals surface area contributed by atoms with Crippen LogP contribution in [0.2, 0.25) is 0 Å². The standard InChI is InChI=1S/C11H23N7/c1-6-18(7-8(2)3)11-14-9(16-12)13-10(15-11)17(4)5/h8H,6-7,12H2,1-5H3,(H,13,14,15,16). The molecule has 1 rings (SSSR count). The van der Waals surface area contributed by atoms with Gasteiger partial charge in [0, 0.05) is 27.2 Å². The van der Waals surface area contributed by atoms with E-state index in [2.05, 4.69) is 46.0 Å². The summed E-state index contributed by atoms with van der Waals surface area (Å²) in [6.07, 6.45) is 0. The third-order valence-corrected chi connectivity index (χ3v) is 2.39. The summed E-state index contributed by atoms with van der Waals surface area (Å²) < 4.78 is 0. The van der Waals surface area contributed by atoms with E-state index < -0.39 is 0 Å². The second-order valence-electron chi connectivity index (χ2n) is 4.73. The van der Waals surface area contributed by atoms with Gasteiger partial charge in [-0.1, -0.05) is 13.8 Å². The SMILES string of the molecule is CCN(CC(C)C)c1nc(NN)nc(N(C)C)n1. The van der Waals surface area contributed by atoms with E-state index >= 15 is 0 Å². The molecule has 18 heavy (non-hydrogen) atoms. The Labute approximate surface area is 108 Å². The zero-order valence-electron chi connectivity index (χ0n) is 11.8. The van der Waals surface area contributed by atoms with Crippen molar-refractivity contribution in [1.82, 2.24) is 15.0 Å². The first-order valence-electron chi connectivity index (χ1n) is 6.12. The first-order chi connectivity index (χ1) is 8.47. The van der Waals surface area contributed by atoms with Gasteiger partial charge in [-0.05, 0) is 12.8 Å². The quantitative estimate of drug-likeness (QED) is 0.570. The highest BCUT2D eigenvalue weighted by atomic mass is 15.4. The van der Waals surface area contributed by atoms with Gasteiger partial charge >= 0.3 is 0 Å². The van der Waals surface area contributed by atoms with Gasteiger partial charge in [0.2, 0.25) is 17.8 Å². The average molecular weight is 253 g/mol. The lowest BCUT2D eigenvalue weighted by molar-refractivity contribution is 0.608. The van der Waals surface area contributed by atoms with Gasteiger partial charge in [0.1, 0.15) is 0 Å². The molecular formula is C11H23N7. The highest BCUT2D eigenvalue weighted by Gasteiger charge is 2.13. The van der Waals surface area contributed by atoms with Crippen LogP contribution in [0, 0.1) is 5.92 Å². The summed E-state index contributed by atoms with van der Waals surface area (Å²) in [5.41, 5.74) is 2.48. The highest BCUT2D eigenvalue weighted by molar-refractivity contribution is 5.43. The van der Waals surface area contributed by atoms with Crippen molar-refractivity contribution in [2.45, 2.75) is 20.8 Å². The van der Waals surface area contributed by atoms with Gasteiger partial charge in [-0.3, -0.25) is 5.43 Å². The van der Waals surface area contributed by atoms with E-state index in [9.17, 15) is 0 Å². The van der Waals surface area contributed by atoms with Crippen molar-refractivity contribution in [3.63, 3.8) is 0 Å². The van der Waals surface area contributed by atoms with Gasteiger partial charge in [-0.25, -0.2) is 5.84 Å². The molecule has 0 aromatic carbocycles. The van der Waals surface area contributed by atoms with Gasteiger partial charge in [0.15, 0.2) is 0 Å². The van der Waals surface area contributed by atoms with E-state index in [1.54, 1.807) is 0 Å². The lowest BCUT2D eigenvalue weighted by Gasteiger charge is -2.24. The van der Waals surface area contributed by atoms with Crippen molar-refractivity contribution in [2.24, 2.45) is 11.8 Å². The number of nitrogens with zero attached hydrogens (tertiary/aromatic N) is 5. The second-order valence-corrected chi connectivity index (χ2v) is 4.73. The van der Waals surface area contributed by atoms with Crippen LogP contribution < -0.4 is 21.1 Å². The number of hydrogen-bond acceptors (Lipinski definition) is 7. The van der Waals surface area contributed by atoms with Crippen LogP contribution >= 0.6 is 0 Å². The third-order valence-electron chi connectivity index (χ3n) is 2.39. The van der Waals surface area contributed by atoms with Crippen LogP contribution in [0.25, 0.3) is 0 Å². The topological polar surface area (TPSA) is 83.2 Å². The Kier molecular flexibility index (Phi) is 5.08. The number of nitrogens with two attached hydrogens (primary N) is 1. The molecule has 1 aromatic rings. The van der Waals surface area contributed by atoms with E-state index in [0.717, 1.165) is 13.1 Å². The number of hydrogen-bond donors (Lipinski definition) is 2. The summed E-state index contributed by atoms with van der Waals surface area (Å²) >= 11 is 0. The first kappa shape index (κ1) is 14.4. The summed E-state index contributed by atoms with van der Waals surface area (Å²) in [5.74, 6) is 7.56. The van der Waals surface area contributed by atoms with Gasteiger partial charge in [0.25, 0.3) is 0 Å². The number of rotatable bonds is 6. The molecule has 1 aromatic heterocycles. The maximum atomic E-state index is 5.39. The zero-order chi connectivity index (χ0) is 13.7. The van der Waals surface area contributed by atoms with Crippen LogP contribution in [-0.4, -0.2) is 42.1 Å². The number of aromatic nitrogens is 3. The van der Waals surface area contributed by atoms with Crippen molar-refractivity contribution in [2.75, 3.05) is 42.4 Å². The number of anilines is 3. The molecule has 0 aliphatic heterocycles. The Hall–Kier alpha value is -1.63. The Balaban J connectivity index is 3.08. The van der Waals surface area contributed by atoms with Crippen molar-refractivity contribution in [3.05, 3.63) is 0 Å². The first-order valence-corrected chi connectivity index (χ1v) is 6.12. The summed E-state index contributed by atoms with van der Waals surface area (Å²) in [6, 6.07) is 0. The molecule has 7 heteroatoms. The van der Waals surface area contributed by atoms with Crippen LogP contribution in [0.1, 0.15) is 20.8 Å². The van der Waals surface area contributed by atoms with E-state index in [0.29, 0.717) is 23.8 Å². The average Bonchev–Trinajstić information content (AvgIpc) is 2.34. The van der Waals surface area contributed by atoms with E-state index in [4.69, 9.17) is 5.84 Å². The van der Waals surface area contributed by atoms with Crippen LogP contribution in [-0.2, 0) is 0 Å². The Bertz CT molecular complexity index is 378. The second kappa shape index (κ2) is 6.34. The number of hydrazine groups is 1. The fourth-order valence-electron chi connectivity index (χ4n) is 1.55. The van der Waals surface area contributed by atoms with E-state index in [1.165, 1.54) is 0 Å². The molecule has 0 atom stereocenters. The van der Waals surface area contributed by atoms with Crippen molar-refractivity contribution >= 4 is 17.8 Å². The lowest BCUT2D eigenvalue weighted by Crippen LogP contribution is -2.30. The molecule has 1 heterocycles. The minimum Gasteiger partial charge on any atom is -0.347 e. The molecule has 0 aliphatic carbocycles. The Morgan fingerprint density at radius 1 is 1.17 bits per heavy atom. The largest absolute Gasteiger partial charge is 0.347 e. The normalized spacial score (nSPS) is 10.6. The molecule has 0 radical (unpaired) electrons. The van der Waals surface area contributed by atoms with Gasteiger partial charge in [-0.15, -0.1) is 0 Å². The predicted molar refractivity (Wildman–Crippen MR) is 74.7 cm³/mol.